The van der Waals surface area contributed by atoms with Gasteiger partial charge in [0, 0.05) is 18.7 Å². The van der Waals surface area contributed by atoms with Crippen molar-refractivity contribution in [1.82, 2.24) is 4.90 Å². The van der Waals surface area contributed by atoms with Crippen molar-refractivity contribution in [2.45, 2.75) is 19.8 Å². The maximum atomic E-state index is 12.2. The fourth-order valence-corrected chi connectivity index (χ4v) is 2.37. The average Bonchev–Trinajstić information content (AvgIpc) is 2.84. The Morgan fingerprint density at radius 1 is 1.35 bits per heavy atom. The number of aryl methyl sites for hydroxylation is 1. The molecule has 1 saturated heterocycles. The van der Waals surface area contributed by atoms with E-state index < -0.39 is 0 Å². The third kappa shape index (κ3) is 2.39. The van der Waals surface area contributed by atoms with Gasteiger partial charge in [-0.25, -0.2) is 0 Å². The van der Waals surface area contributed by atoms with Crippen LogP contribution in [0.4, 0.5) is 0 Å². The van der Waals surface area contributed by atoms with Crippen LogP contribution in [0.5, 0.6) is 5.75 Å². The van der Waals surface area contributed by atoms with Crippen LogP contribution < -0.4 is 4.74 Å². The molecule has 3 nitrogen and oxygen atoms in total. The Bertz CT molecular complexity index is 439. The van der Waals surface area contributed by atoms with Crippen molar-refractivity contribution in [3.63, 3.8) is 0 Å². The van der Waals surface area contributed by atoms with E-state index in [9.17, 15) is 4.79 Å². The normalized spacial score (nSPS) is 15.1. The summed E-state index contributed by atoms with van der Waals surface area (Å²) >= 11 is 6.06. The van der Waals surface area contributed by atoms with Crippen LogP contribution in [0.2, 0.25) is 5.02 Å². The fourth-order valence-electron chi connectivity index (χ4n) is 2.13. The Morgan fingerprint density at radius 2 is 2.00 bits per heavy atom. The molecule has 0 spiro atoms. The molecule has 0 saturated carbocycles. The molecule has 1 aliphatic heterocycles. The van der Waals surface area contributed by atoms with Crippen molar-refractivity contribution in [1.29, 1.82) is 0 Å². The molecule has 0 radical (unpaired) electrons. The first-order valence-corrected chi connectivity index (χ1v) is 6.14. The molecule has 0 atom stereocenters. The predicted molar refractivity (Wildman–Crippen MR) is 67.9 cm³/mol. The maximum Gasteiger partial charge on any atom is 0.254 e. The number of methoxy groups -OCH3 is 1. The highest BCUT2D eigenvalue weighted by Crippen LogP contribution is 2.29. The first-order chi connectivity index (χ1) is 8.13. The molecule has 1 aliphatic rings. The Morgan fingerprint density at radius 3 is 2.59 bits per heavy atom. The molecular weight excluding hydrogens is 238 g/mol. The minimum Gasteiger partial charge on any atom is -0.495 e. The van der Waals surface area contributed by atoms with Crippen molar-refractivity contribution in [3.8, 4) is 5.75 Å². The lowest BCUT2D eigenvalue weighted by Crippen LogP contribution is -2.28. The van der Waals surface area contributed by atoms with Gasteiger partial charge in [-0.2, -0.15) is 0 Å². The number of hydrogen-bond acceptors (Lipinski definition) is 2. The SMILES string of the molecule is COc1cc(C)c(C(=O)N2CCCC2)cc1Cl. The Labute approximate surface area is 106 Å². The van der Waals surface area contributed by atoms with Crippen molar-refractivity contribution < 1.29 is 9.53 Å². The summed E-state index contributed by atoms with van der Waals surface area (Å²) < 4.78 is 5.13. The highest BCUT2D eigenvalue weighted by atomic mass is 35.5. The van der Waals surface area contributed by atoms with Crippen LogP contribution in [-0.4, -0.2) is 31.0 Å². The Kier molecular flexibility index (Phi) is 3.57. The summed E-state index contributed by atoms with van der Waals surface area (Å²) in [7, 11) is 1.57. The van der Waals surface area contributed by atoms with E-state index in [1.165, 1.54) is 0 Å². The number of amides is 1. The van der Waals surface area contributed by atoms with Gasteiger partial charge in [0.05, 0.1) is 12.1 Å². The summed E-state index contributed by atoms with van der Waals surface area (Å²) in [6.45, 7) is 3.60. The minimum absolute atomic E-state index is 0.0737. The lowest BCUT2D eigenvalue weighted by atomic mass is 10.1. The molecule has 0 bridgehead atoms. The molecule has 1 fully saturated rings. The summed E-state index contributed by atoms with van der Waals surface area (Å²) in [6, 6.07) is 3.52. The van der Waals surface area contributed by atoms with Gasteiger partial charge in [-0.3, -0.25) is 4.79 Å². The molecule has 1 heterocycles. The smallest absolute Gasteiger partial charge is 0.254 e. The molecule has 4 heteroatoms. The number of carbonyl (C=O) groups is 1. The third-order valence-corrected chi connectivity index (χ3v) is 3.42. The lowest BCUT2D eigenvalue weighted by Gasteiger charge is -2.17. The lowest BCUT2D eigenvalue weighted by molar-refractivity contribution is 0.0792. The van der Waals surface area contributed by atoms with Gasteiger partial charge in [-0.15, -0.1) is 0 Å². The summed E-state index contributed by atoms with van der Waals surface area (Å²) in [5.74, 6) is 0.687. The molecule has 0 N–H and O–H groups in total. The molecule has 0 aromatic heterocycles. The molecule has 0 unspecified atom stereocenters. The second-order valence-corrected chi connectivity index (χ2v) is 4.71. The molecule has 1 amide bonds. The van der Waals surface area contributed by atoms with Gasteiger partial charge in [0.15, 0.2) is 0 Å². The zero-order valence-corrected chi connectivity index (χ0v) is 10.9. The number of hydrogen-bond donors (Lipinski definition) is 0. The Hall–Kier alpha value is -1.22. The number of halogens is 1. The van der Waals surface area contributed by atoms with E-state index in [2.05, 4.69) is 0 Å². The fraction of sp³-hybridized carbons (Fsp3) is 0.462. The van der Waals surface area contributed by atoms with Crippen LogP contribution in [-0.2, 0) is 0 Å². The van der Waals surface area contributed by atoms with E-state index in [0.29, 0.717) is 16.3 Å². The zero-order valence-electron chi connectivity index (χ0n) is 10.1. The quantitative estimate of drug-likeness (QED) is 0.811. The third-order valence-electron chi connectivity index (χ3n) is 3.12. The summed E-state index contributed by atoms with van der Waals surface area (Å²) in [5, 5.41) is 0.487. The van der Waals surface area contributed by atoms with Gasteiger partial charge in [0.1, 0.15) is 5.75 Å². The van der Waals surface area contributed by atoms with E-state index in [-0.39, 0.29) is 5.91 Å². The minimum atomic E-state index is 0.0737. The summed E-state index contributed by atoms with van der Waals surface area (Å²) in [4.78, 5) is 14.1. The van der Waals surface area contributed by atoms with E-state index in [4.69, 9.17) is 16.3 Å². The standard InChI is InChI=1S/C13H16ClNO2/c1-9-7-12(17-2)11(14)8-10(9)13(16)15-5-3-4-6-15/h7-8H,3-6H2,1-2H3. The van der Waals surface area contributed by atoms with Crippen molar-refractivity contribution in [2.75, 3.05) is 20.2 Å². The van der Waals surface area contributed by atoms with Crippen LogP contribution in [0.3, 0.4) is 0 Å². The van der Waals surface area contributed by atoms with Crippen LogP contribution in [0.15, 0.2) is 12.1 Å². The van der Waals surface area contributed by atoms with Crippen molar-refractivity contribution in [3.05, 3.63) is 28.3 Å². The van der Waals surface area contributed by atoms with Gasteiger partial charge in [0.25, 0.3) is 5.91 Å². The zero-order chi connectivity index (χ0) is 12.4. The first kappa shape index (κ1) is 12.2. The first-order valence-electron chi connectivity index (χ1n) is 5.77. The maximum absolute atomic E-state index is 12.2. The van der Waals surface area contributed by atoms with Gasteiger partial charge in [-0.1, -0.05) is 11.6 Å². The number of rotatable bonds is 2. The van der Waals surface area contributed by atoms with Gasteiger partial charge >= 0.3 is 0 Å². The van der Waals surface area contributed by atoms with Gasteiger partial charge in [-0.05, 0) is 37.5 Å². The second kappa shape index (κ2) is 4.96. The average molecular weight is 254 g/mol. The summed E-state index contributed by atoms with van der Waals surface area (Å²) in [6.07, 6.45) is 2.18. The van der Waals surface area contributed by atoms with Crippen LogP contribution in [0, 0.1) is 6.92 Å². The molecule has 1 aromatic carbocycles. The van der Waals surface area contributed by atoms with Gasteiger partial charge in [0.2, 0.25) is 0 Å². The van der Waals surface area contributed by atoms with Crippen LogP contribution >= 0.6 is 11.6 Å². The molecule has 1 aromatic rings. The molecule has 92 valence electrons. The number of carbonyl (C=O) groups excluding carboxylic acids is 1. The number of likely N-dealkylation sites (tertiary alicyclic amines) is 1. The number of benzene rings is 1. The molecule has 17 heavy (non-hydrogen) atoms. The highest BCUT2D eigenvalue weighted by Gasteiger charge is 2.21. The molecule has 2 rings (SSSR count). The Balaban J connectivity index is 2.31. The largest absolute Gasteiger partial charge is 0.495 e. The van der Waals surface area contributed by atoms with Gasteiger partial charge < -0.3 is 9.64 Å². The van der Waals surface area contributed by atoms with Crippen molar-refractivity contribution >= 4 is 17.5 Å². The molecule has 0 aliphatic carbocycles. The van der Waals surface area contributed by atoms with E-state index in [0.717, 1.165) is 31.5 Å². The van der Waals surface area contributed by atoms with E-state index >= 15 is 0 Å². The highest BCUT2D eigenvalue weighted by molar-refractivity contribution is 6.32. The van der Waals surface area contributed by atoms with Crippen LogP contribution in [0.1, 0.15) is 28.8 Å². The van der Waals surface area contributed by atoms with E-state index in [1.807, 2.05) is 17.9 Å². The second-order valence-electron chi connectivity index (χ2n) is 4.30. The summed E-state index contributed by atoms with van der Waals surface area (Å²) in [5.41, 5.74) is 1.58. The predicted octanol–water partition coefficient (Wildman–Crippen LogP) is 2.89. The topological polar surface area (TPSA) is 29.5 Å². The van der Waals surface area contributed by atoms with E-state index in [1.54, 1.807) is 13.2 Å². The number of ether oxygens (including phenoxy) is 1. The van der Waals surface area contributed by atoms with Crippen molar-refractivity contribution in [2.24, 2.45) is 0 Å². The van der Waals surface area contributed by atoms with Crippen LogP contribution in [0.25, 0.3) is 0 Å². The monoisotopic (exact) mass is 253 g/mol. The number of nitrogens with zero attached hydrogens (tertiary/aromatic N) is 1. The molecular formula is C13H16ClNO2.